The summed E-state index contributed by atoms with van der Waals surface area (Å²) in [5.74, 6) is -0.534. The first-order valence-electron chi connectivity index (χ1n) is 6.94. The Morgan fingerprint density at radius 1 is 1.30 bits per heavy atom. The number of carbonyl (C=O) groups is 1. The number of esters is 1. The molecule has 0 saturated carbocycles. The highest BCUT2D eigenvalue weighted by atomic mass is 35.5. The topological polar surface area (TPSA) is 29.5 Å². The maximum Gasteiger partial charge on any atom is 0.416 e. The van der Waals surface area contributed by atoms with Gasteiger partial charge in [0.2, 0.25) is 0 Å². The van der Waals surface area contributed by atoms with Crippen LogP contribution in [0.3, 0.4) is 0 Å². The lowest BCUT2D eigenvalue weighted by Crippen LogP contribution is -2.23. The van der Waals surface area contributed by atoms with Gasteiger partial charge in [0.1, 0.15) is 0 Å². The highest BCUT2D eigenvalue weighted by Gasteiger charge is 2.30. The Balaban J connectivity index is 2.34. The van der Waals surface area contributed by atoms with Crippen LogP contribution < -0.4 is 0 Å². The summed E-state index contributed by atoms with van der Waals surface area (Å²) in [5, 5.41) is 0. The van der Waals surface area contributed by atoms with E-state index >= 15 is 0 Å². The number of alkyl halides is 4. The Labute approximate surface area is 137 Å². The Hall–Kier alpha value is -1.95. The second-order valence-electron chi connectivity index (χ2n) is 4.85. The van der Waals surface area contributed by atoms with Gasteiger partial charge in [-0.1, -0.05) is 18.2 Å². The third kappa shape index (κ3) is 4.07. The molecular weight excluding hydrogens is 331 g/mol. The van der Waals surface area contributed by atoms with Gasteiger partial charge < -0.3 is 9.64 Å². The molecule has 0 atom stereocenters. The van der Waals surface area contributed by atoms with Gasteiger partial charge in [-0.15, -0.1) is 11.6 Å². The molecule has 1 aromatic rings. The molecule has 0 aromatic heterocycles. The minimum absolute atomic E-state index is 0.194. The molecule has 1 heterocycles. The lowest BCUT2D eigenvalue weighted by Gasteiger charge is -2.24. The van der Waals surface area contributed by atoms with Gasteiger partial charge in [0.05, 0.1) is 23.7 Å². The molecule has 1 aliphatic heterocycles. The molecular formula is C16H15ClF3NO2. The SMILES string of the molecule is CCOC(=O)C1=CN(CCl)CC=C1c1ccc(C(F)(F)F)cc1. The predicted molar refractivity (Wildman–Crippen MR) is 81.6 cm³/mol. The zero-order valence-electron chi connectivity index (χ0n) is 12.4. The molecule has 23 heavy (non-hydrogen) atoms. The van der Waals surface area contributed by atoms with Crippen LogP contribution in [0.5, 0.6) is 0 Å². The van der Waals surface area contributed by atoms with Crippen molar-refractivity contribution in [1.82, 2.24) is 4.90 Å². The number of benzene rings is 1. The fourth-order valence-corrected chi connectivity index (χ4v) is 2.36. The number of hydrogen-bond donors (Lipinski definition) is 0. The standard InChI is InChI=1S/C16H15ClF3NO2/c1-2-23-15(22)14-9-21(10-17)8-7-13(14)11-3-5-12(6-4-11)16(18,19)20/h3-7,9H,2,8,10H2,1H3. The van der Waals surface area contributed by atoms with E-state index in [-0.39, 0.29) is 18.2 Å². The summed E-state index contributed by atoms with van der Waals surface area (Å²) in [6, 6.07) is 4.87. The zero-order valence-corrected chi connectivity index (χ0v) is 13.1. The van der Waals surface area contributed by atoms with Crippen molar-refractivity contribution < 1.29 is 22.7 Å². The largest absolute Gasteiger partial charge is 0.462 e. The average molecular weight is 346 g/mol. The summed E-state index contributed by atoms with van der Waals surface area (Å²) < 4.78 is 42.9. The first-order valence-corrected chi connectivity index (χ1v) is 7.47. The van der Waals surface area contributed by atoms with Crippen LogP contribution in [0.2, 0.25) is 0 Å². The quantitative estimate of drug-likeness (QED) is 0.468. The summed E-state index contributed by atoms with van der Waals surface area (Å²) in [6.45, 7) is 2.35. The van der Waals surface area contributed by atoms with Crippen molar-refractivity contribution in [2.75, 3.05) is 19.2 Å². The normalized spacial score (nSPS) is 15.1. The van der Waals surface area contributed by atoms with Gasteiger partial charge in [-0.2, -0.15) is 13.2 Å². The van der Waals surface area contributed by atoms with Gasteiger partial charge in [-0.3, -0.25) is 0 Å². The molecule has 0 unspecified atom stereocenters. The van der Waals surface area contributed by atoms with Crippen LogP contribution in [0.15, 0.2) is 42.1 Å². The van der Waals surface area contributed by atoms with E-state index in [1.807, 2.05) is 0 Å². The molecule has 2 rings (SSSR count). The number of rotatable bonds is 4. The number of ether oxygens (including phenoxy) is 1. The van der Waals surface area contributed by atoms with Crippen molar-refractivity contribution in [3.63, 3.8) is 0 Å². The second-order valence-corrected chi connectivity index (χ2v) is 5.09. The molecule has 0 fully saturated rings. The molecule has 1 aliphatic rings. The maximum absolute atomic E-state index is 12.6. The number of halogens is 4. The van der Waals surface area contributed by atoms with Gasteiger partial charge >= 0.3 is 12.1 Å². The molecule has 0 saturated heterocycles. The minimum Gasteiger partial charge on any atom is -0.462 e. The summed E-state index contributed by atoms with van der Waals surface area (Å²) in [7, 11) is 0. The van der Waals surface area contributed by atoms with Crippen LogP contribution in [-0.2, 0) is 15.7 Å². The molecule has 0 N–H and O–H groups in total. The van der Waals surface area contributed by atoms with Crippen molar-refractivity contribution >= 4 is 23.1 Å². The van der Waals surface area contributed by atoms with E-state index in [1.165, 1.54) is 12.1 Å². The first-order chi connectivity index (χ1) is 10.9. The monoisotopic (exact) mass is 345 g/mol. The third-order valence-electron chi connectivity index (χ3n) is 3.30. The van der Waals surface area contributed by atoms with E-state index in [0.29, 0.717) is 17.7 Å². The minimum atomic E-state index is -4.39. The van der Waals surface area contributed by atoms with Gasteiger partial charge in [0, 0.05) is 12.7 Å². The third-order valence-corrected chi connectivity index (χ3v) is 3.61. The molecule has 0 bridgehead atoms. The smallest absolute Gasteiger partial charge is 0.416 e. The fourth-order valence-electron chi connectivity index (χ4n) is 2.19. The summed E-state index contributed by atoms with van der Waals surface area (Å²) in [6.07, 6.45) is -1.08. The van der Waals surface area contributed by atoms with E-state index in [1.54, 1.807) is 24.1 Å². The molecule has 0 radical (unpaired) electrons. The molecule has 1 aromatic carbocycles. The van der Waals surface area contributed by atoms with Gasteiger partial charge in [0.25, 0.3) is 0 Å². The van der Waals surface area contributed by atoms with Gasteiger partial charge in [-0.05, 0) is 30.2 Å². The lowest BCUT2D eigenvalue weighted by atomic mass is 9.95. The van der Waals surface area contributed by atoms with Crippen LogP contribution in [0.4, 0.5) is 13.2 Å². The summed E-state index contributed by atoms with van der Waals surface area (Å²) in [5.41, 5.74) is 0.602. The molecule has 0 spiro atoms. The van der Waals surface area contributed by atoms with E-state index < -0.39 is 17.7 Å². The lowest BCUT2D eigenvalue weighted by molar-refractivity contribution is -0.138. The fraction of sp³-hybridized carbons (Fsp3) is 0.312. The maximum atomic E-state index is 12.6. The average Bonchev–Trinajstić information content (AvgIpc) is 2.54. The Morgan fingerprint density at radius 2 is 1.96 bits per heavy atom. The van der Waals surface area contributed by atoms with Crippen LogP contribution in [0.25, 0.3) is 5.57 Å². The van der Waals surface area contributed by atoms with E-state index in [4.69, 9.17) is 16.3 Å². The van der Waals surface area contributed by atoms with Crippen LogP contribution in [-0.4, -0.2) is 30.0 Å². The van der Waals surface area contributed by atoms with Crippen molar-refractivity contribution in [3.8, 4) is 0 Å². The van der Waals surface area contributed by atoms with E-state index in [9.17, 15) is 18.0 Å². The molecule has 0 aliphatic carbocycles. The molecule has 0 amide bonds. The number of hydrogen-bond acceptors (Lipinski definition) is 3. The van der Waals surface area contributed by atoms with E-state index in [0.717, 1.165) is 12.1 Å². The van der Waals surface area contributed by atoms with Crippen molar-refractivity contribution in [3.05, 3.63) is 53.2 Å². The van der Waals surface area contributed by atoms with E-state index in [2.05, 4.69) is 0 Å². The second kappa shape index (κ2) is 7.08. The van der Waals surface area contributed by atoms with Gasteiger partial charge in [-0.25, -0.2) is 4.79 Å². The molecule has 124 valence electrons. The Bertz CT molecular complexity index is 636. The van der Waals surface area contributed by atoms with Crippen molar-refractivity contribution in [1.29, 1.82) is 0 Å². The summed E-state index contributed by atoms with van der Waals surface area (Å²) >= 11 is 5.77. The van der Waals surface area contributed by atoms with Crippen molar-refractivity contribution in [2.45, 2.75) is 13.1 Å². The first kappa shape index (κ1) is 17.4. The highest BCUT2D eigenvalue weighted by Crippen LogP contribution is 2.32. The number of carbonyl (C=O) groups excluding carboxylic acids is 1. The Kier molecular flexibility index (Phi) is 5.36. The zero-order chi connectivity index (χ0) is 17.0. The summed E-state index contributed by atoms with van der Waals surface area (Å²) in [4.78, 5) is 13.8. The van der Waals surface area contributed by atoms with Crippen molar-refractivity contribution in [2.24, 2.45) is 0 Å². The Morgan fingerprint density at radius 3 is 2.48 bits per heavy atom. The highest BCUT2D eigenvalue weighted by molar-refractivity contribution is 6.17. The van der Waals surface area contributed by atoms with Crippen LogP contribution in [0, 0.1) is 0 Å². The molecule has 3 nitrogen and oxygen atoms in total. The number of nitrogens with zero attached hydrogens (tertiary/aromatic N) is 1. The molecule has 7 heteroatoms. The van der Waals surface area contributed by atoms with Crippen LogP contribution >= 0.6 is 11.6 Å². The van der Waals surface area contributed by atoms with Crippen LogP contribution in [0.1, 0.15) is 18.1 Å². The van der Waals surface area contributed by atoms with Gasteiger partial charge in [0.15, 0.2) is 0 Å². The predicted octanol–water partition coefficient (Wildman–Crippen LogP) is 4.05.